The Hall–Kier alpha value is -0.0231. The van der Waals surface area contributed by atoms with Crippen LogP contribution in [0.3, 0.4) is 0 Å². The fourth-order valence-corrected chi connectivity index (χ4v) is 6.77. The maximum Gasteiger partial charge on any atom is 0.501 e. The van der Waals surface area contributed by atoms with E-state index in [9.17, 15) is 0 Å². The molecule has 2 heterocycles. The van der Waals surface area contributed by atoms with E-state index in [1.807, 2.05) is 0 Å². The minimum absolute atomic E-state index is 0.00105. The molecular weight excluding hydrogens is 386 g/mol. The van der Waals surface area contributed by atoms with E-state index < -0.39 is 8.80 Å². The first-order valence-electron chi connectivity index (χ1n) is 12.1. The monoisotopic (exact) mass is 432 g/mol. The smallest absolute Gasteiger partial charge is 0.376 e. The van der Waals surface area contributed by atoms with Crippen molar-refractivity contribution < 1.29 is 27.2 Å². The van der Waals surface area contributed by atoms with Gasteiger partial charge in [0.2, 0.25) is 0 Å². The fourth-order valence-electron chi connectivity index (χ4n) is 4.27. The van der Waals surface area contributed by atoms with Crippen LogP contribution in [0.1, 0.15) is 65.2 Å². The molecule has 172 valence electrons. The van der Waals surface area contributed by atoms with E-state index in [0.29, 0.717) is 39.6 Å². The van der Waals surface area contributed by atoms with Gasteiger partial charge in [-0.1, -0.05) is 33.1 Å². The minimum atomic E-state index is -2.64. The Morgan fingerprint density at radius 3 is 2.14 bits per heavy atom. The second-order valence-electron chi connectivity index (χ2n) is 8.92. The van der Waals surface area contributed by atoms with E-state index in [-0.39, 0.29) is 6.10 Å². The van der Waals surface area contributed by atoms with Gasteiger partial charge < -0.3 is 27.2 Å². The van der Waals surface area contributed by atoms with Gasteiger partial charge in [0.25, 0.3) is 0 Å². The molecule has 0 radical (unpaired) electrons. The molecular formula is C22H46NO5Si+. The summed E-state index contributed by atoms with van der Waals surface area (Å²) in [5.41, 5.74) is 0. The van der Waals surface area contributed by atoms with Crippen LogP contribution >= 0.6 is 0 Å². The van der Waals surface area contributed by atoms with Gasteiger partial charge in [0.1, 0.15) is 6.10 Å². The molecule has 0 aromatic rings. The van der Waals surface area contributed by atoms with Gasteiger partial charge in [-0.15, -0.1) is 0 Å². The van der Waals surface area contributed by atoms with Crippen LogP contribution in [0.4, 0.5) is 0 Å². The molecule has 2 fully saturated rings. The highest BCUT2D eigenvalue weighted by Crippen LogP contribution is 2.23. The zero-order valence-corrected chi connectivity index (χ0v) is 20.3. The van der Waals surface area contributed by atoms with Gasteiger partial charge in [-0.3, -0.25) is 0 Å². The lowest BCUT2D eigenvalue weighted by molar-refractivity contribution is -0.910. The van der Waals surface area contributed by atoms with Gasteiger partial charge >= 0.3 is 8.80 Å². The standard InChI is InChI=1S/C22H46NO5Si/c1-4-6-8-10-13-23(3,12-9-7-5-2)14-11-19-29-26-17-15-24-20-22(21-28-29)25-16-18-27-29/h22H,4-21H2,1-3H3/q+1. The van der Waals surface area contributed by atoms with Crippen LogP contribution in [0.2, 0.25) is 6.04 Å². The van der Waals surface area contributed by atoms with Crippen molar-refractivity contribution in [2.24, 2.45) is 0 Å². The molecule has 7 heteroatoms. The first kappa shape index (κ1) is 25.2. The molecule has 0 aromatic carbocycles. The Labute approximate surface area is 180 Å². The zero-order valence-electron chi connectivity index (χ0n) is 19.3. The van der Waals surface area contributed by atoms with Crippen molar-refractivity contribution in [1.29, 1.82) is 0 Å². The normalized spacial score (nSPS) is 28.0. The van der Waals surface area contributed by atoms with Crippen molar-refractivity contribution in [2.75, 3.05) is 66.3 Å². The number of hydrogen-bond acceptors (Lipinski definition) is 5. The summed E-state index contributed by atoms with van der Waals surface area (Å²) in [6.45, 7) is 11.7. The Morgan fingerprint density at radius 2 is 1.38 bits per heavy atom. The van der Waals surface area contributed by atoms with Crippen LogP contribution in [0.25, 0.3) is 0 Å². The molecule has 0 saturated carbocycles. The molecule has 2 aliphatic rings. The third-order valence-electron chi connectivity index (χ3n) is 6.14. The fraction of sp³-hybridized carbons (Fsp3) is 1.00. The maximum atomic E-state index is 6.26. The molecule has 2 rings (SSSR count). The topological polar surface area (TPSA) is 46.2 Å². The van der Waals surface area contributed by atoms with Crippen LogP contribution in [0.15, 0.2) is 0 Å². The Morgan fingerprint density at radius 1 is 0.724 bits per heavy atom. The molecule has 29 heavy (non-hydrogen) atoms. The second-order valence-corrected chi connectivity index (χ2v) is 11.7. The molecule has 2 saturated heterocycles. The van der Waals surface area contributed by atoms with E-state index in [0.717, 1.165) is 12.5 Å². The lowest BCUT2D eigenvalue weighted by Gasteiger charge is -2.37. The highest BCUT2D eigenvalue weighted by Gasteiger charge is 2.43. The highest BCUT2D eigenvalue weighted by molar-refractivity contribution is 6.60. The van der Waals surface area contributed by atoms with Crippen molar-refractivity contribution in [1.82, 2.24) is 0 Å². The summed E-state index contributed by atoms with van der Waals surface area (Å²) in [6, 6.07) is 0.899. The van der Waals surface area contributed by atoms with Crippen LogP contribution in [0.5, 0.6) is 0 Å². The third kappa shape index (κ3) is 9.76. The minimum Gasteiger partial charge on any atom is -0.376 e. The highest BCUT2D eigenvalue weighted by atomic mass is 28.4. The van der Waals surface area contributed by atoms with Gasteiger partial charge in [0.15, 0.2) is 0 Å². The number of quaternary nitrogens is 1. The molecule has 0 aromatic heterocycles. The summed E-state index contributed by atoms with van der Waals surface area (Å²) >= 11 is 0. The molecule has 0 amide bonds. The lowest BCUT2D eigenvalue weighted by atomic mass is 10.1. The largest absolute Gasteiger partial charge is 0.501 e. The Bertz CT molecular complexity index is 430. The third-order valence-corrected chi connectivity index (χ3v) is 9.00. The number of rotatable bonds is 13. The van der Waals surface area contributed by atoms with Gasteiger partial charge in [0.05, 0.1) is 66.3 Å². The molecule has 3 atom stereocenters. The second kappa shape index (κ2) is 14.1. The van der Waals surface area contributed by atoms with Crippen molar-refractivity contribution >= 4 is 8.80 Å². The summed E-state index contributed by atoms with van der Waals surface area (Å²) in [6.07, 6.45) is 10.4. The summed E-state index contributed by atoms with van der Waals surface area (Å²) in [5.74, 6) is 0. The number of ether oxygens (including phenoxy) is 2. The van der Waals surface area contributed by atoms with E-state index in [1.54, 1.807) is 0 Å². The summed E-state index contributed by atoms with van der Waals surface area (Å²) in [5, 5.41) is 0. The predicted octanol–water partition coefficient (Wildman–Crippen LogP) is 4.01. The van der Waals surface area contributed by atoms with Crippen molar-refractivity contribution in [3.63, 3.8) is 0 Å². The van der Waals surface area contributed by atoms with Crippen molar-refractivity contribution in [3.8, 4) is 0 Å². The number of unbranched alkanes of at least 4 members (excludes halogenated alkanes) is 5. The average Bonchev–Trinajstić information content (AvgIpc) is 2.76. The van der Waals surface area contributed by atoms with Crippen molar-refractivity contribution in [2.45, 2.75) is 77.4 Å². The molecule has 0 aliphatic carbocycles. The number of hydrogen-bond donors (Lipinski definition) is 0. The van der Waals surface area contributed by atoms with Gasteiger partial charge in [-0.2, -0.15) is 0 Å². The Balaban J connectivity index is 1.89. The summed E-state index contributed by atoms with van der Waals surface area (Å²) in [4.78, 5) is 0. The van der Waals surface area contributed by atoms with Crippen LogP contribution in [-0.2, 0) is 22.8 Å². The van der Waals surface area contributed by atoms with E-state index in [2.05, 4.69) is 20.9 Å². The van der Waals surface area contributed by atoms with E-state index >= 15 is 0 Å². The maximum absolute atomic E-state index is 6.26. The van der Waals surface area contributed by atoms with Gasteiger partial charge in [0, 0.05) is 12.5 Å². The molecule has 3 unspecified atom stereocenters. The molecule has 2 bridgehead atoms. The SMILES string of the molecule is CCCCCC[N+](C)(CCCCC)CCC[Si]12OCCOCC(CO1)OCCO2. The number of nitrogens with zero attached hydrogens (tertiary/aromatic N) is 1. The van der Waals surface area contributed by atoms with Crippen molar-refractivity contribution in [3.05, 3.63) is 0 Å². The average molecular weight is 433 g/mol. The van der Waals surface area contributed by atoms with Crippen LogP contribution < -0.4 is 0 Å². The number of fused-ring (bicyclic) bond motifs is 3. The molecule has 0 spiro atoms. The predicted molar refractivity (Wildman–Crippen MR) is 118 cm³/mol. The van der Waals surface area contributed by atoms with Crippen LogP contribution in [0, 0.1) is 0 Å². The summed E-state index contributed by atoms with van der Waals surface area (Å²) < 4.78 is 31.2. The molecule has 0 N–H and O–H groups in total. The quantitative estimate of drug-likeness (QED) is 0.250. The van der Waals surface area contributed by atoms with Crippen LogP contribution in [-0.4, -0.2) is 85.7 Å². The summed E-state index contributed by atoms with van der Waals surface area (Å²) in [7, 11) is -0.193. The Kier molecular flexibility index (Phi) is 12.3. The van der Waals surface area contributed by atoms with E-state index in [4.69, 9.17) is 22.8 Å². The van der Waals surface area contributed by atoms with Gasteiger partial charge in [-0.05, 0) is 25.7 Å². The lowest BCUT2D eigenvalue weighted by Crippen LogP contribution is -2.51. The first-order valence-corrected chi connectivity index (χ1v) is 14.0. The zero-order chi connectivity index (χ0) is 20.8. The molecule has 6 nitrogen and oxygen atoms in total. The molecule has 2 aliphatic heterocycles. The van der Waals surface area contributed by atoms with E-state index in [1.165, 1.54) is 69.1 Å². The first-order chi connectivity index (χ1) is 14.1. The van der Waals surface area contributed by atoms with Gasteiger partial charge in [-0.25, -0.2) is 0 Å².